The number of ether oxygens (including phenoxy) is 7. The Kier molecular flexibility index (Phi) is 20.9. The van der Waals surface area contributed by atoms with E-state index in [2.05, 4.69) is 5.32 Å². The van der Waals surface area contributed by atoms with Crippen LogP contribution in [0.5, 0.6) is 0 Å². The van der Waals surface area contributed by atoms with Gasteiger partial charge in [0.25, 0.3) is 0 Å². The zero-order valence-corrected chi connectivity index (χ0v) is 36.4. The van der Waals surface area contributed by atoms with Gasteiger partial charge in [0.1, 0.15) is 30.0 Å². The summed E-state index contributed by atoms with van der Waals surface area (Å²) in [5, 5.41) is 47.5. The number of rotatable bonds is 15. The molecule has 3 aliphatic heterocycles. The average Bonchev–Trinajstić information content (AvgIpc) is 3.12. The molecule has 0 amide bonds. The predicted octanol–water partition coefficient (Wildman–Crippen LogP) is 3.02. The maximum atomic E-state index is 12.9. The molecule has 58 heavy (non-hydrogen) atoms. The quantitative estimate of drug-likeness (QED) is 0.119. The molecule has 3 aliphatic rings. The first-order valence-corrected chi connectivity index (χ1v) is 21.0. The number of hydrogen-bond acceptors (Lipinski definition) is 15. The van der Waals surface area contributed by atoms with Gasteiger partial charge in [-0.2, -0.15) is 0 Å². The van der Waals surface area contributed by atoms with Crippen LogP contribution >= 0.6 is 0 Å². The molecule has 15 heteroatoms. The Balaban J connectivity index is 1.93. The van der Waals surface area contributed by atoms with Crippen LogP contribution in [0.1, 0.15) is 87.0 Å². The molecular weight excluding hydrogens is 752 g/mol. The fourth-order valence-corrected chi connectivity index (χ4v) is 7.98. The van der Waals surface area contributed by atoms with E-state index in [4.69, 9.17) is 33.2 Å². The molecular formula is C43H74N2O13. The molecule has 15 nitrogen and oxygen atoms in total. The van der Waals surface area contributed by atoms with E-state index in [0.29, 0.717) is 38.8 Å². The van der Waals surface area contributed by atoms with Gasteiger partial charge in [-0.1, -0.05) is 45.1 Å². The molecule has 3 rings (SSSR count). The van der Waals surface area contributed by atoms with Crippen molar-refractivity contribution in [2.45, 2.75) is 166 Å². The molecule has 0 radical (unpaired) electrons. The average molecular weight is 827 g/mol. The number of carbonyl (C=O) groups excluding carboxylic acids is 2. The fraction of sp³-hybridized carbons (Fsp3) is 0.814. The summed E-state index contributed by atoms with van der Waals surface area (Å²) in [6.07, 6.45) is 3.46. The van der Waals surface area contributed by atoms with Crippen LogP contribution in [-0.2, 0) is 42.7 Å². The van der Waals surface area contributed by atoms with Crippen LogP contribution in [0.3, 0.4) is 0 Å². The Morgan fingerprint density at radius 2 is 1.76 bits per heavy atom. The first-order valence-electron chi connectivity index (χ1n) is 21.0. The second-order valence-corrected chi connectivity index (χ2v) is 17.1. The largest absolute Gasteiger partial charge is 0.459 e. The highest BCUT2D eigenvalue weighted by molar-refractivity contribution is 5.82. The number of hydrogen-bond donors (Lipinski definition) is 5. The number of esters is 2. The van der Waals surface area contributed by atoms with Crippen molar-refractivity contribution >= 4 is 11.9 Å². The summed E-state index contributed by atoms with van der Waals surface area (Å²) in [7, 11) is 5.15. The normalized spacial score (nSPS) is 39.9. The molecule has 0 aromatic carbocycles. The zero-order chi connectivity index (χ0) is 43.2. The fourth-order valence-electron chi connectivity index (χ4n) is 7.98. The van der Waals surface area contributed by atoms with Crippen molar-refractivity contribution in [3.05, 3.63) is 36.5 Å². The second-order valence-electron chi connectivity index (χ2n) is 17.1. The predicted molar refractivity (Wildman–Crippen MR) is 217 cm³/mol. The number of nitrogens with one attached hydrogen (secondary N) is 1. The maximum Gasteiger partial charge on any atom is 0.330 e. The van der Waals surface area contributed by atoms with Crippen LogP contribution in [-0.4, -0.2) is 157 Å². The highest BCUT2D eigenvalue weighted by Gasteiger charge is 2.52. The summed E-state index contributed by atoms with van der Waals surface area (Å²) >= 11 is 0. The number of cyclic esters (lactones) is 1. The number of aliphatic hydroxyl groups excluding tert-OH is 3. The first-order chi connectivity index (χ1) is 27.4. The highest BCUT2D eigenvalue weighted by atomic mass is 16.7. The maximum absolute atomic E-state index is 12.9. The molecule has 0 saturated carbocycles. The Bertz CT molecular complexity index is 1320. The first kappa shape index (κ1) is 50.1. The van der Waals surface area contributed by atoms with E-state index in [-0.39, 0.29) is 37.2 Å². The van der Waals surface area contributed by atoms with Crippen molar-refractivity contribution in [3.8, 4) is 0 Å². The van der Waals surface area contributed by atoms with E-state index in [1.807, 2.05) is 58.8 Å². The summed E-state index contributed by atoms with van der Waals surface area (Å²) in [5.41, 5.74) is -1.46. The molecule has 15 atom stereocenters. The van der Waals surface area contributed by atoms with Gasteiger partial charge >= 0.3 is 11.9 Å². The van der Waals surface area contributed by atoms with Gasteiger partial charge in [0, 0.05) is 39.1 Å². The Labute approximate surface area is 346 Å². The van der Waals surface area contributed by atoms with Crippen LogP contribution in [0.2, 0.25) is 0 Å². The molecule has 0 aromatic rings. The third-order valence-corrected chi connectivity index (χ3v) is 11.1. The topological polar surface area (TPSA) is 195 Å². The number of nitrogens with zero attached hydrogens (tertiary/aromatic N) is 1. The van der Waals surface area contributed by atoms with Crippen molar-refractivity contribution in [1.29, 1.82) is 0 Å². The van der Waals surface area contributed by atoms with E-state index in [1.165, 1.54) is 13.2 Å². The van der Waals surface area contributed by atoms with Gasteiger partial charge < -0.3 is 63.8 Å². The molecule has 0 spiro atoms. The summed E-state index contributed by atoms with van der Waals surface area (Å²) in [6, 6.07) is -0.670. The number of carbonyl (C=O) groups is 2. The van der Waals surface area contributed by atoms with Gasteiger partial charge in [-0.3, -0.25) is 4.79 Å². The minimum Gasteiger partial charge on any atom is -0.459 e. The Morgan fingerprint density at radius 3 is 2.40 bits per heavy atom. The van der Waals surface area contributed by atoms with E-state index in [0.717, 1.165) is 0 Å². The van der Waals surface area contributed by atoms with Crippen LogP contribution in [0.15, 0.2) is 36.5 Å². The van der Waals surface area contributed by atoms with E-state index in [1.54, 1.807) is 39.0 Å². The van der Waals surface area contributed by atoms with E-state index in [9.17, 15) is 30.0 Å². The third kappa shape index (κ3) is 15.3. The molecule has 0 bridgehead atoms. The monoisotopic (exact) mass is 827 g/mol. The van der Waals surface area contributed by atoms with E-state index < -0.39 is 91.1 Å². The smallest absolute Gasteiger partial charge is 0.330 e. The van der Waals surface area contributed by atoms with Gasteiger partial charge in [0.15, 0.2) is 18.7 Å². The van der Waals surface area contributed by atoms with Crippen LogP contribution in [0, 0.1) is 17.8 Å². The number of aliphatic hydroxyl groups is 4. The molecule has 2 saturated heterocycles. The van der Waals surface area contributed by atoms with Gasteiger partial charge in [-0.25, -0.2) is 4.79 Å². The molecule has 5 N–H and O–H groups in total. The summed E-state index contributed by atoms with van der Waals surface area (Å²) in [4.78, 5) is 27.3. The number of likely N-dealkylation sites (N-methyl/N-ethyl adjacent to an activating group) is 1. The third-order valence-electron chi connectivity index (χ3n) is 11.1. The van der Waals surface area contributed by atoms with Crippen LogP contribution in [0.4, 0.5) is 0 Å². The minimum atomic E-state index is -1.46. The minimum absolute atomic E-state index is 0.00499. The van der Waals surface area contributed by atoms with Gasteiger partial charge in [-0.05, 0) is 98.0 Å². The molecule has 0 aliphatic carbocycles. The zero-order valence-electron chi connectivity index (χ0n) is 36.4. The van der Waals surface area contributed by atoms with Crippen LogP contribution in [0.25, 0.3) is 0 Å². The van der Waals surface area contributed by atoms with Gasteiger partial charge in [-0.15, -0.1) is 0 Å². The Hall–Kier alpha value is -2.28. The van der Waals surface area contributed by atoms with Crippen molar-refractivity contribution in [3.63, 3.8) is 0 Å². The molecule has 3 heterocycles. The molecule has 2 fully saturated rings. The van der Waals surface area contributed by atoms with Crippen molar-refractivity contribution in [2.75, 3.05) is 40.9 Å². The summed E-state index contributed by atoms with van der Waals surface area (Å²) < 4.78 is 43.2. The highest BCUT2D eigenvalue weighted by Crippen LogP contribution is 2.37. The number of allylic oxidation sites excluding steroid dienone is 2. The lowest BCUT2D eigenvalue weighted by molar-refractivity contribution is -0.342. The summed E-state index contributed by atoms with van der Waals surface area (Å²) in [6.45, 7) is 14.0. The SMILES string of the molecule is CO[C@H]1/C=C/C(=O)O[C@H](C)C/C=C/C=C/[C@H](O)[C@H](C)C[C@H](CCNCCCO)[C@@H]1O[C@@H]1O[C@H](C)[C@@H](O[C@H]2C[C@@](C)(O)[C@@H](OC(=O)CC(C)C)[C@H](C)O2)[C@H](N(C)C)[C@H]1O. The molecule has 334 valence electrons. The number of methoxy groups -OCH3 is 1. The van der Waals surface area contributed by atoms with Crippen molar-refractivity contribution in [2.24, 2.45) is 17.8 Å². The molecule has 0 unspecified atom stereocenters. The lowest BCUT2D eigenvalue weighted by atomic mass is 9.83. The standard InChI is InChI=1S/C43H74N2O13/c1-26(2)23-35(49)56-41-30(6)54-36(25-43(41,7)51)57-39-29(5)55-42(38(50)37(39)45(8)9)58-40-31(19-21-44-20-14-22-46)24-27(3)32(47)16-13-11-12-15-28(4)53-34(48)18-17-33(40)52-10/h11-13,16-18,26-33,36-42,44,46-47,50-51H,14-15,19-25H2,1-10H3/b12-11+,16-13+,18-17+/t27-,28-,29-,30+,31+,32+,33+,36+,37-,38-,39-,40+,41+,42+,43-/m1/s1. The van der Waals surface area contributed by atoms with Gasteiger partial charge in [0.2, 0.25) is 0 Å². The Morgan fingerprint density at radius 1 is 1.03 bits per heavy atom. The summed E-state index contributed by atoms with van der Waals surface area (Å²) in [5.74, 6) is -1.35. The molecule has 0 aromatic heterocycles. The van der Waals surface area contributed by atoms with Crippen molar-refractivity contribution < 1.29 is 63.2 Å². The lowest BCUT2D eigenvalue weighted by Gasteiger charge is -2.50. The van der Waals surface area contributed by atoms with E-state index >= 15 is 0 Å². The van der Waals surface area contributed by atoms with Crippen molar-refractivity contribution in [1.82, 2.24) is 10.2 Å². The lowest BCUT2D eigenvalue weighted by Crippen LogP contribution is -2.65. The second kappa shape index (κ2) is 24.2. The van der Waals surface area contributed by atoms with Gasteiger partial charge in [0.05, 0.1) is 30.5 Å². The van der Waals surface area contributed by atoms with Crippen LogP contribution < -0.4 is 5.32 Å².